The van der Waals surface area contributed by atoms with Gasteiger partial charge in [-0.1, -0.05) is 0 Å². The number of thiazole rings is 1. The van der Waals surface area contributed by atoms with Gasteiger partial charge in [0, 0.05) is 29.6 Å². The molecule has 2 rings (SSSR count). The van der Waals surface area contributed by atoms with Crippen LogP contribution in [0, 0.1) is 16.8 Å². The summed E-state index contributed by atoms with van der Waals surface area (Å²) < 4.78 is 6.20. The van der Waals surface area contributed by atoms with Crippen LogP contribution in [-0.2, 0) is 16.0 Å². The molecule has 1 aliphatic rings. The molecule has 1 fully saturated rings. The first-order chi connectivity index (χ1) is 8.56. The minimum Gasteiger partial charge on any atom is -0.378 e. The zero-order valence-corrected chi connectivity index (χ0v) is 12.2. The van der Waals surface area contributed by atoms with Crippen LogP contribution in [0.3, 0.4) is 0 Å². The van der Waals surface area contributed by atoms with Crippen molar-refractivity contribution < 1.29 is 9.53 Å². The molecule has 1 amide bonds. The summed E-state index contributed by atoms with van der Waals surface area (Å²) in [4.78, 5) is 15.9. The standard InChI is InChI=1S/C12H18N2O2S2/c1-7-10(18-12(17)14-7)5-11(15)13-6-9-3-4-16-8(9)2/h8-9H,3-6H2,1-2H3,(H,13,15)(H,14,17). The van der Waals surface area contributed by atoms with Gasteiger partial charge in [0.25, 0.3) is 0 Å². The van der Waals surface area contributed by atoms with Crippen LogP contribution in [-0.4, -0.2) is 30.1 Å². The normalized spacial score (nSPS) is 23.2. The van der Waals surface area contributed by atoms with E-state index < -0.39 is 0 Å². The number of rotatable bonds is 4. The number of aromatic amines is 1. The highest BCUT2D eigenvalue weighted by Crippen LogP contribution is 2.19. The van der Waals surface area contributed by atoms with Crippen LogP contribution < -0.4 is 5.32 Å². The Morgan fingerprint density at radius 1 is 1.67 bits per heavy atom. The summed E-state index contributed by atoms with van der Waals surface area (Å²) >= 11 is 6.53. The van der Waals surface area contributed by atoms with Gasteiger partial charge in [0.05, 0.1) is 12.5 Å². The second kappa shape index (κ2) is 5.95. The summed E-state index contributed by atoms with van der Waals surface area (Å²) in [6, 6.07) is 0. The monoisotopic (exact) mass is 286 g/mol. The second-order valence-electron chi connectivity index (χ2n) is 4.67. The molecule has 2 N–H and O–H groups in total. The lowest BCUT2D eigenvalue weighted by Crippen LogP contribution is -2.32. The topological polar surface area (TPSA) is 54.1 Å². The van der Waals surface area contributed by atoms with E-state index in [0.29, 0.717) is 18.9 Å². The molecule has 1 aromatic heterocycles. The van der Waals surface area contributed by atoms with E-state index in [-0.39, 0.29) is 12.0 Å². The van der Waals surface area contributed by atoms with Crippen molar-refractivity contribution in [3.63, 3.8) is 0 Å². The molecular weight excluding hydrogens is 268 g/mol. The third-order valence-corrected chi connectivity index (χ3v) is 4.68. The van der Waals surface area contributed by atoms with Crippen molar-refractivity contribution >= 4 is 29.5 Å². The second-order valence-corrected chi connectivity index (χ2v) is 6.44. The van der Waals surface area contributed by atoms with Gasteiger partial charge in [-0.15, -0.1) is 11.3 Å². The Kier molecular flexibility index (Phi) is 4.53. The third-order valence-electron chi connectivity index (χ3n) is 3.34. The number of aromatic nitrogens is 1. The van der Waals surface area contributed by atoms with Gasteiger partial charge in [-0.3, -0.25) is 4.79 Å². The maximum atomic E-state index is 11.8. The summed E-state index contributed by atoms with van der Waals surface area (Å²) in [6.45, 7) is 5.52. The fourth-order valence-electron chi connectivity index (χ4n) is 2.10. The van der Waals surface area contributed by atoms with E-state index in [1.165, 1.54) is 11.3 Å². The minimum atomic E-state index is 0.0578. The SMILES string of the molecule is Cc1[nH]c(=S)sc1CC(=O)NCC1CCOC1C. The number of hydrogen-bond donors (Lipinski definition) is 2. The lowest BCUT2D eigenvalue weighted by atomic mass is 10.0. The zero-order valence-electron chi connectivity index (χ0n) is 10.6. The van der Waals surface area contributed by atoms with Crippen molar-refractivity contribution in [1.82, 2.24) is 10.3 Å². The zero-order chi connectivity index (χ0) is 13.1. The highest BCUT2D eigenvalue weighted by molar-refractivity contribution is 7.73. The molecule has 6 heteroatoms. The number of hydrogen-bond acceptors (Lipinski definition) is 4. The summed E-state index contributed by atoms with van der Waals surface area (Å²) in [5, 5.41) is 2.98. The number of nitrogens with one attached hydrogen (secondary N) is 2. The van der Waals surface area contributed by atoms with Crippen LogP contribution in [0.15, 0.2) is 0 Å². The molecule has 0 aromatic carbocycles. The van der Waals surface area contributed by atoms with Gasteiger partial charge >= 0.3 is 0 Å². The van der Waals surface area contributed by atoms with Gasteiger partial charge < -0.3 is 15.0 Å². The van der Waals surface area contributed by atoms with Gasteiger partial charge in [0.2, 0.25) is 5.91 Å². The Hall–Kier alpha value is -0.720. The molecule has 2 atom stereocenters. The van der Waals surface area contributed by atoms with Gasteiger partial charge in [0.1, 0.15) is 0 Å². The molecule has 0 aliphatic carbocycles. The largest absolute Gasteiger partial charge is 0.378 e. The van der Waals surface area contributed by atoms with Crippen molar-refractivity contribution in [3.8, 4) is 0 Å². The van der Waals surface area contributed by atoms with Crippen LogP contribution >= 0.6 is 23.6 Å². The van der Waals surface area contributed by atoms with E-state index in [9.17, 15) is 4.79 Å². The summed E-state index contributed by atoms with van der Waals surface area (Å²) in [6.07, 6.45) is 1.69. The van der Waals surface area contributed by atoms with Crippen molar-refractivity contribution in [2.75, 3.05) is 13.2 Å². The molecule has 18 heavy (non-hydrogen) atoms. The van der Waals surface area contributed by atoms with Crippen LogP contribution in [0.1, 0.15) is 23.9 Å². The van der Waals surface area contributed by atoms with E-state index in [1.807, 2.05) is 6.92 Å². The highest BCUT2D eigenvalue weighted by Gasteiger charge is 2.24. The number of amides is 1. The van der Waals surface area contributed by atoms with Crippen LogP contribution in [0.5, 0.6) is 0 Å². The first-order valence-electron chi connectivity index (χ1n) is 6.13. The maximum Gasteiger partial charge on any atom is 0.225 e. The van der Waals surface area contributed by atoms with Crippen molar-refractivity contribution in [3.05, 3.63) is 14.5 Å². The van der Waals surface area contributed by atoms with E-state index in [1.54, 1.807) is 0 Å². The minimum absolute atomic E-state index is 0.0578. The molecule has 0 radical (unpaired) electrons. The Labute approximate surface area is 116 Å². The molecule has 2 unspecified atom stereocenters. The molecule has 100 valence electrons. The molecular formula is C12H18N2O2S2. The van der Waals surface area contributed by atoms with Gasteiger partial charge in [0.15, 0.2) is 3.95 Å². The van der Waals surface area contributed by atoms with E-state index in [4.69, 9.17) is 17.0 Å². The molecule has 0 spiro atoms. The third kappa shape index (κ3) is 3.40. The maximum absolute atomic E-state index is 11.8. The Morgan fingerprint density at radius 3 is 3.00 bits per heavy atom. The summed E-state index contributed by atoms with van der Waals surface area (Å²) in [7, 11) is 0. The number of carbonyl (C=O) groups is 1. The fourth-order valence-corrected chi connectivity index (χ4v) is 3.39. The average molecular weight is 286 g/mol. The molecule has 0 bridgehead atoms. The van der Waals surface area contributed by atoms with Crippen molar-refractivity contribution in [2.45, 2.75) is 32.8 Å². The van der Waals surface area contributed by atoms with Crippen molar-refractivity contribution in [1.29, 1.82) is 0 Å². The number of ether oxygens (including phenoxy) is 1. The lowest BCUT2D eigenvalue weighted by molar-refractivity contribution is -0.120. The smallest absolute Gasteiger partial charge is 0.225 e. The first kappa shape index (κ1) is 13.7. The Bertz CT molecular complexity index is 481. The molecule has 2 heterocycles. The average Bonchev–Trinajstić information content (AvgIpc) is 2.83. The quantitative estimate of drug-likeness (QED) is 0.834. The molecule has 0 saturated carbocycles. The number of aryl methyl sites for hydroxylation is 1. The molecule has 1 aromatic rings. The van der Waals surface area contributed by atoms with Crippen LogP contribution in [0.4, 0.5) is 0 Å². The Balaban J connectivity index is 1.82. The van der Waals surface area contributed by atoms with E-state index >= 15 is 0 Å². The van der Waals surface area contributed by atoms with Gasteiger partial charge in [-0.2, -0.15) is 0 Å². The molecule has 1 saturated heterocycles. The predicted octanol–water partition coefficient (Wildman–Crippen LogP) is 2.20. The van der Waals surface area contributed by atoms with Gasteiger partial charge in [-0.25, -0.2) is 0 Å². The van der Waals surface area contributed by atoms with Crippen LogP contribution in [0.25, 0.3) is 0 Å². The van der Waals surface area contributed by atoms with Crippen molar-refractivity contribution in [2.24, 2.45) is 5.92 Å². The van der Waals surface area contributed by atoms with Gasteiger partial charge in [-0.05, 0) is 32.5 Å². The summed E-state index contributed by atoms with van der Waals surface area (Å²) in [5.74, 6) is 0.502. The molecule has 4 nitrogen and oxygen atoms in total. The molecule has 1 aliphatic heterocycles. The summed E-state index contributed by atoms with van der Waals surface area (Å²) in [5.41, 5.74) is 0.998. The lowest BCUT2D eigenvalue weighted by Gasteiger charge is -2.14. The Morgan fingerprint density at radius 2 is 2.44 bits per heavy atom. The van der Waals surface area contributed by atoms with E-state index in [2.05, 4.69) is 17.2 Å². The fraction of sp³-hybridized carbons (Fsp3) is 0.667. The number of carbonyl (C=O) groups excluding carboxylic acids is 1. The van der Waals surface area contributed by atoms with E-state index in [0.717, 1.165) is 27.6 Å². The predicted molar refractivity (Wildman–Crippen MR) is 74.5 cm³/mol. The van der Waals surface area contributed by atoms with Crippen LogP contribution in [0.2, 0.25) is 0 Å². The highest BCUT2D eigenvalue weighted by atomic mass is 32.1. The first-order valence-corrected chi connectivity index (χ1v) is 7.35. The number of H-pyrrole nitrogens is 1.